The molecule has 0 saturated carbocycles. The Morgan fingerprint density at radius 1 is 1.07 bits per heavy atom. The topological polar surface area (TPSA) is 52.6 Å². The van der Waals surface area contributed by atoms with E-state index >= 15 is 0 Å². The third-order valence-corrected chi connectivity index (χ3v) is 5.07. The molecule has 144 valence electrons. The molecule has 0 fully saturated rings. The Labute approximate surface area is 180 Å². The van der Waals surface area contributed by atoms with Crippen molar-refractivity contribution in [1.82, 2.24) is 0 Å². The van der Waals surface area contributed by atoms with Gasteiger partial charge in [-0.25, -0.2) is 0 Å². The van der Waals surface area contributed by atoms with Crippen LogP contribution in [0.4, 0.5) is 0 Å². The highest BCUT2D eigenvalue weighted by Crippen LogP contribution is 2.35. The third-order valence-electron chi connectivity index (χ3n) is 4.32. The first-order valence-electron chi connectivity index (χ1n) is 8.75. The molecule has 0 bridgehead atoms. The van der Waals surface area contributed by atoms with E-state index in [1.807, 2.05) is 24.3 Å². The maximum atomic E-state index is 12.6. The lowest BCUT2D eigenvalue weighted by molar-refractivity contribution is 0.0921. The van der Waals surface area contributed by atoms with Gasteiger partial charge in [-0.3, -0.25) is 9.59 Å². The Morgan fingerprint density at radius 3 is 2.62 bits per heavy atom. The minimum atomic E-state index is -0.191. The van der Waals surface area contributed by atoms with E-state index in [4.69, 9.17) is 21.1 Å². The van der Waals surface area contributed by atoms with Gasteiger partial charge in [0.15, 0.2) is 18.1 Å². The van der Waals surface area contributed by atoms with Crippen molar-refractivity contribution < 1.29 is 19.1 Å². The van der Waals surface area contributed by atoms with Crippen LogP contribution in [0, 0.1) is 0 Å². The molecule has 0 saturated heterocycles. The van der Waals surface area contributed by atoms with E-state index < -0.39 is 0 Å². The lowest BCUT2D eigenvalue weighted by Crippen LogP contribution is -2.11. The van der Waals surface area contributed by atoms with Crippen LogP contribution in [0.5, 0.6) is 11.5 Å². The summed E-state index contributed by atoms with van der Waals surface area (Å²) in [6, 6.07) is 19.1. The van der Waals surface area contributed by atoms with Crippen molar-refractivity contribution >= 4 is 45.2 Å². The molecular formula is C23H14BrClO4. The maximum Gasteiger partial charge on any atom is 0.231 e. The smallest absolute Gasteiger partial charge is 0.231 e. The van der Waals surface area contributed by atoms with Crippen LogP contribution in [0.25, 0.3) is 6.08 Å². The van der Waals surface area contributed by atoms with Gasteiger partial charge in [-0.2, -0.15) is 0 Å². The second kappa shape index (κ2) is 8.23. The molecular weight excluding hydrogens is 456 g/mol. The molecule has 4 nitrogen and oxygen atoms in total. The average molecular weight is 470 g/mol. The first-order valence-corrected chi connectivity index (χ1v) is 9.92. The number of halogens is 2. The zero-order valence-electron chi connectivity index (χ0n) is 15.0. The number of benzene rings is 3. The second-order valence-electron chi connectivity index (χ2n) is 6.37. The summed E-state index contributed by atoms with van der Waals surface area (Å²) in [7, 11) is 0. The highest BCUT2D eigenvalue weighted by atomic mass is 79.9. The Morgan fingerprint density at radius 2 is 1.86 bits per heavy atom. The number of hydrogen-bond donors (Lipinski definition) is 0. The SMILES string of the molecule is O=C(COc1ccc2c(c1)OC(=Cc1cccc(Br)c1)C2=O)c1ccc(Cl)cc1. The highest BCUT2D eigenvalue weighted by Gasteiger charge is 2.27. The fraction of sp³-hybridized carbons (Fsp3) is 0.0435. The van der Waals surface area contributed by atoms with Crippen LogP contribution in [0.2, 0.25) is 5.02 Å². The van der Waals surface area contributed by atoms with Gasteiger partial charge in [0, 0.05) is 21.1 Å². The number of ketones is 2. The zero-order valence-corrected chi connectivity index (χ0v) is 17.4. The van der Waals surface area contributed by atoms with Crippen molar-refractivity contribution in [2.24, 2.45) is 0 Å². The summed E-state index contributed by atoms with van der Waals surface area (Å²) < 4.78 is 12.2. The standard InChI is InChI=1S/C23H14BrClO4/c24-16-3-1-2-14(10-16)11-22-23(27)19-9-8-18(12-21(19)29-22)28-13-20(26)15-4-6-17(25)7-5-15/h1-12H,13H2. The van der Waals surface area contributed by atoms with Crippen LogP contribution in [0.3, 0.4) is 0 Å². The van der Waals surface area contributed by atoms with E-state index in [0.717, 1.165) is 10.0 Å². The van der Waals surface area contributed by atoms with Crippen molar-refractivity contribution in [2.75, 3.05) is 6.61 Å². The lowest BCUT2D eigenvalue weighted by Gasteiger charge is -2.07. The Balaban J connectivity index is 1.47. The molecule has 3 aromatic rings. The number of rotatable bonds is 5. The summed E-state index contributed by atoms with van der Waals surface area (Å²) in [5.74, 6) is 0.737. The minimum Gasteiger partial charge on any atom is -0.485 e. The molecule has 29 heavy (non-hydrogen) atoms. The van der Waals surface area contributed by atoms with Gasteiger partial charge in [-0.15, -0.1) is 0 Å². The van der Waals surface area contributed by atoms with Gasteiger partial charge in [0.25, 0.3) is 0 Å². The highest BCUT2D eigenvalue weighted by molar-refractivity contribution is 9.10. The fourth-order valence-electron chi connectivity index (χ4n) is 2.87. The molecule has 0 radical (unpaired) electrons. The Hall–Kier alpha value is -2.89. The van der Waals surface area contributed by atoms with Crippen molar-refractivity contribution in [3.63, 3.8) is 0 Å². The predicted octanol–water partition coefficient (Wildman–Crippen LogP) is 5.98. The summed E-state index contributed by atoms with van der Waals surface area (Å²) in [6.45, 7) is -0.130. The van der Waals surface area contributed by atoms with Gasteiger partial charge in [0.05, 0.1) is 5.56 Å². The molecule has 0 atom stereocenters. The molecule has 0 N–H and O–H groups in total. The quantitative estimate of drug-likeness (QED) is 0.341. The van der Waals surface area contributed by atoms with Crippen LogP contribution in [0.1, 0.15) is 26.3 Å². The van der Waals surface area contributed by atoms with E-state index in [9.17, 15) is 9.59 Å². The monoisotopic (exact) mass is 468 g/mol. The van der Waals surface area contributed by atoms with Crippen LogP contribution in [0.15, 0.2) is 77.0 Å². The van der Waals surface area contributed by atoms with Gasteiger partial charge in [0.1, 0.15) is 11.5 Å². The molecule has 3 aromatic carbocycles. The minimum absolute atomic E-state index is 0.130. The van der Waals surface area contributed by atoms with Gasteiger partial charge >= 0.3 is 0 Å². The molecule has 0 amide bonds. The summed E-state index contributed by atoms with van der Waals surface area (Å²) >= 11 is 9.24. The summed E-state index contributed by atoms with van der Waals surface area (Å²) in [5.41, 5.74) is 1.82. The number of hydrogen-bond acceptors (Lipinski definition) is 4. The lowest BCUT2D eigenvalue weighted by atomic mass is 10.1. The molecule has 6 heteroatoms. The molecule has 0 aliphatic carbocycles. The van der Waals surface area contributed by atoms with Crippen molar-refractivity contribution in [3.05, 3.63) is 98.7 Å². The second-order valence-corrected chi connectivity index (χ2v) is 7.72. The Kier molecular flexibility index (Phi) is 5.51. The van der Waals surface area contributed by atoms with Crippen LogP contribution >= 0.6 is 27.5 Å². The van der Waals surface area contributed by atoms with Crippen molar-refractivity contribution in [2.45, 2.75) is 0 Å². The Bertz CT molecular complexity index is 1140. The number of carbonyl (C=O) groups is 2. The van der Waals surface area contributed by atoms with E-state index in [2.05, 4.69) is 15.9 Å². The zero-order chi connectivity index (χ0) is 20.4. The predicted molar refractivity (Wildman–Crippen MR) is 115 cm³/mol. The number of allylic oxidation sites excluding steroid dienone is 1. The average Bonchev–Trinajstić information content (AvgIpc) is 3.01. The molecule has 4 rings (SSSR count). The van der Waals surface area contributed by atoms with E-state index in [-0.39, 0.29) is 23.9 Å². The molecule has 0 spiro atoms. The fourth-order valence-corrected chi connectivity index (χ4v) is 3.42. The summed E-state index contributed by atoms with van der Waals surface area (Å²) in [4.78, 5) is 24.8. The summed E-state index contributed by atoms with van der Waals surface area (Å²) in [5, 5.41) is 0.564. The summed E-state index contributed by atoms with van der Waals surface area (Å²) in [6.07, 6.45) is 1.69. The largest absolute Gasteiger partial charge is 0.485 e. The number of ether oxygens (including phenoxy) is 2. The van der Waals surface area contributed by atoms with Gasteiger partial charge in [-0.05, 0) is 60.2 Å². The van der Waals surface area contributed by atoms with Crippen molar-refractivity contribution in [1.29, 1.82) is 0 Å². The van der Waals surface area contributed by atoms with Gasteiger partial charge < -0.3 is 9.47 Å². The van der Waals surface area contributed by atoms with Crippen LogP contribution in [-0.4, -0.2) is 18.2 Å². The first-order chi connectivity index (χ1) is 14.0. The molecule has 0 aromatic heterocycles. The molecule has 1 heterocycles. The molecule has 1 aliphatic heterocycles. The van der Waals surface area contributed by atoms with E-state index in [1.54, 1.807) is 48.5 Å². The van der Waals surface area contributed by atoms with Gasteiger partial charge in [0.2, 0.25) is 5.78 Å². The van der Waals surface area contributed by atoms with E-state index in [1.165, 1.54) is 0 Å². The normalized spacial score (nSPS) is 13.9. The molecule has 0 unspecified atom stereocenters. The van der Waals surface area contributed by atoms with Crippen LogP contribution < -0.4 is 9.47 Å². The number of Topliss-reactive ketones (excluding diaryl/α,β-unsaturated/α-hetero) is 2. The first kappa shape index (κ1) is 19.4. The van der Waals surface area contributed by atoms with Crippen LogP contribution in [-0.2, 0) is 0 Å². The maximum absolute atomic E-state index is 12.6. The number of carbonyl (C=O) groups excluding carboxylic acids is 2. The van der Waals surface area contributed by atoms with Gasteiger partial charge in [-0.1, -0.05) is 39.7 Å². The molecule has 1 aliphatic rings. The van der Waals surface area contributed by atoms with E-state index in [0.29, 0.717) is 27.6 Å². The number of fused-ring (bicyclic) bond motifs is 1. The third kappa shape index (κ3) is 4.42. The van der Waals surface area contributed by atoms with Crippen molar-refractivity contribution in [3.8, 4) is 11.5 Å².